The number of rotatable bonds is 20. The van der Waals surface area contributed by atoms with E-state index in [2.05, 4.69) is 19.1 Å². The summed E-state index contributed by atoms with van der Waals surface area (Å²) in [5.41, 5.74) is 0. The van der Waals surface area contributed by atoms with Gasteiger partial charge in [-0.05, 0) is 38.5 Å². The highest BCUT2D eigenvalue weighted by Gasteiger charge is 2.18. The summed E-state index contributed by atoms with van der Waals surface area (Å²) in [6.07, 6.45) is 23.2. The molecule has 0 saturated carbocycles. The van der Waals surface area contributed by atoms with Gasteiger partial charge in [0.2, 0.25) is 0 Å². The summed E-state index contributed by atoms with van der Waals surface area (Å²) in [6, 6.07) is 0. The maximum Gasteiger partial charge on any atom is 0.359 e. The molecule has 0 aliphatic rings. The van der Waals surface area contributed by atoms with Crippen molar-refractivity contribution >= 4 is 11.9 Å². The maximum absolute atomic E-state index is 10.8. The number of nitrogens with zero attached hydrogens (tertiary/aromatic N) is 2. The van der Waals surface area contributed by atoms with Crippen molar-refractivity contribution in [1.82, 2.24) is 0 Å². The third-order valence-corrected chi connectivity index (χ3v) is 5.45. The molecule has 0 spiro atoms. The largest absolute Gasteiger partial charge is 0.477 e. The predicted octanol–water partition coefficient (Wildman–Crippen LogP) is 5.96. The number of unbranched alkanes of at least 4 members (excludes halogenated alkanes) is 12. The summed E-state index contributed by atoms with van der Waals surface area (Å²) < 4.78 is 1.08. The van der Waals surface area contributed by atoms with Gasteiger partial charge in [-0.25, -0.2) is 9.59 Å². The van der Waals surface area contributed by atoms with Crippen LogP contribution >= 0.6 is 0 Å². The van der Waals surface area contributed by atoms with Gasteiger partial charge in [0, 0.05) is 0 Å². The Morgan fingerprint density at radius 1 is 0.606 bits per heavy atom. The monoisotopic (exact) mass is 472 g/mol. The van der Waals surface area contributed by atoms with E-state index in [0.717, 1.165) is 13.0 Å². The lowest BCUT2D eigenvalue weighted by Crippen LogP contribution is -2.44. The third-order valence-electron chi connectivity index (χ3n) is 5.45. The second-order valence-electron chi connectivity index (χ2n) is 11.0. The number of hydrogen-bond donors (Lipinski definition) is 2. The standard InChI is InChI=1S/C22H43NO2.C5H11NO2/c1-4-5-6-7-8-9-10-11-12-13-14-15-16-17-18-19-20-23(2,3)21-22(24)25;1-6(2,3)4-5(7)8/h11-12H,4-10,13-21H2,1-3H3;4H2,1-3H3/p+2/b12-11-;. The molecule has 0 aromatic rings. The van der Waals surface area contributed by atoms with Crippen molar-refractivity contribution in [2.75, 3.05) is 54.9 Å². The molecule has 6 heteroatoms. The van der Waals surface area contributed by atoms with E-state index < -0.39 is 11.9 Å². The Kier molecular flexibility index (Phi) is 21.6. The molecule has 0 aliphatic carbocycles. The minimum absolute atomic E-state index is 0.181. The number of carbonyl (C=O) groups is 2. The summed E-state index contributed by atoms with van der Waals surface area (Å²) in [4.78, 5) is 20.8. The minimum atomic E-state index is -0.752. The van der Waals surface area contributed by atoms with Crippen molar-refractivity contribution in [2.45, 2.75) is 96.8 Å². The molecule has 2 N–H and O–H groups in total. The molecule has 0 radical (unpaired) electrons. The van der Waals surface area contributed by atoms with Crippen LogP contribution in [0.1, 0.15) is 96.8 Å². The van der Waals surface area contributed by atoms with Crippen LogP contribution in [-0.4, -0.2) is 86.0 Å². The molecule has 0 aromatic heterocycles. The molecule has 0 saturated heterocycles. The molecule has 0 fully saturated rings. The van der Waals surface area contributed by atoms with Gasteiger partial charge in [0.25, 0.3) is 0 Å². The molecule has 0 amide bonds. The van der Waals surface area contributed by atoms with Gasteiger partial charge in [0.05, 0.1) is 41.8 Å². The van der Waals surface area contributed by atoms with Crippen LogP contribution in [0.15, 0.2) is 12.2 Å². The topological polar surface area (TPSA) is 74.6 Å². The molecule has 0 rings (SSSR count). The molecule has 196 valence electrons. The average molecular weight is 473 g/mol. The number of carboxylic acids is 2. The van der Waals surface area contributed by atoms with E-state index in [4.69, 9.17) is 10.2 Å². The fourth-order valence-corrected chi connectivity index (χ4v) is 3.64. The summed E-state index contributed by atoms with van der Waals surface area (Å²) >= 11 is 0. The van der Waals surface area contributed by atoms with Crippen LogP contribution in [0.25, 0.3) is 0 Å². The van der Waals surface area contributed by atoms with E-state index in [1.54, 1.807) is 0 Å². The lowest BCUT2D eigenvalue weighted by atomic mass is 10.1. The fourth-order valence-electron chi connectivity index (χ4n) is 3.64. The summed E-state index contributed by atoms with van der Waals surface area (Å²) in [6.45, 7) is 3.64. The van der Waals surface area contributed by atoms with Crippen molar-refractivity contribution in [2.24, 2.45) is 0 Å². The SMILES string of the molecule is CCCCCCCC/C=C\CCCCCCCC[N+](C)(C)CC(=O)O.C[N+](C)(C)CC(=O)O. The van der Waals surface area contributed by atoms with Crippen molar-refractivity contribution < 1.29 is 28.8 Å². The molecule has 0 aliphatic heterocycles. The third kappa shape index (κ3) is 32.9. The maximum atomic E-state index is 10.8. The van der Waals surface area contributed by atoms with E-state index in [9.17, 15) is 9.59 Å². The lowest BCUT2D eigenvalue weighted by Gasteiger charge is -2.27. The highest BCUT2D eigenvalue weighted by atomic mass is 16.4. The van der Waals surface area contributed by atoms with Gasteiger partial charge >= 0.3 is 11.9 Å². The average Bonchev–Trinajstić information content (AvgIpc) is 2.65. The first-order valence-electron chi connectivity index (χ1n) is 13.1. The van der Waals surface area contributed by atoms with Gasteiger partial charge in [-0.15, -0.1) is 0 Å². The zero-order valence-corrected chi connectivity index (χ0v) is 22.8. The van der Waals surface area contributed by atoms with E-state index in [-0.39, 0.29) is 13.1 Å². The van der Waals surface area contributed by atoms with Crippen molar-refractivity contribution in [3.63, 3.8) is 0 Å². The highest BCUT2D eigenvalue weighted by Crippen LogP contribution is 2.11. The second kappa shape index (κ2) is 21.2. The lowest BCUT2D eigenvalue weighted by molar-refractivity contribution is -0.883. The number of likely N-dealkylation sites (N-methyl/N-ethyl adjacent to an activating group) is 2. The van der Waals surface area contributed by atoms with Gasteiger partial charge in [-0.1, -0.05) is 70.4 Å². The normalized spacial score (nSPS) is 11.9. The van der Waals surface area contributed by atoms with Crippen LogP contribution in [-0.2, 0) is 9.59 Å². The molecule has 6 nitrogen and oxygen atoms in total. The zero-order chi connectivity index (χ0) is 25.6. The van der Waals surface area contributed by atoms with E-state index in [1.165, 1.54) is 83.5 Å². The van der Waals surface area contributed by atoms with Gasteiger partial charge in [0.15, 0.2) is 13.1 Å². The highest BCUT2D eigenvalue weighted by molar-refractivity contribution is 5.68. The van der Waals surface area contributed by atoms with Crippen LogP contribution in [0.4, 0.5) is 0 Å². The molecular weight excluding hydrogens is 416 g/mol. The smallest absolute Gasteiger partial charge is 0.359 e. The Morgan fingerprint density at radius 3 is 1.36 bits per heavy atom. The Bertz CT molecular complexity index is 511. The van der Waals surface area contributed by atoms with Gasteiger partial charge in [-0.2, -0.15) is 0 Å². The number of quaternary nitrogens is 2. The molecule has 0 bridgehead atoms. The zero-order valence-electron chi connectivity index (χ0n) is 22.8. The summed E-state index contributed by atoms with van der Waals surface area (Å²) in [5.74, 6) is -1.45. The Hall–Kier alpha value is -1.40. The molecule has 33 heavy (non-hydrogen) atoms. The summed E-state index contributed by atoms with van der Waals surface area (Å²) in [5, 5.41) is 17.1. The van der Waals surface area contributed by atoms with Crippen LogP contribution in [0, 0.1) is 0 Å². The van der Waals surface area contributed by atoms with Crippen LogP contribution in [0.5, 0.6) is 0 Å². The van der Waals surface area contributed by atoms with Crippen LogP contribution in [0.2, 0.25) is 0 Å². The first kappa shape index (κ1) is 33.8. The van der Waals surface area contributed by atoms with E-state index in [1.807, 2.05) is 35.2 Å². The molecule has 0 aromatic carbocycles. The van der Waals surface area contributed by atoms with Gasteiger partial charge in [0.1, 0.15) is 0 Å². The number of allylic oxidation sites excluding steroid dienone is 2. The van der Waals surface area contributed by atoms with Crippen molar-refractivity contribution in [3.8, 4) is 0 Å². The predicted molar refractivity (Wildman–Crippen MR) is 139 cm³/mol. The first-order valence-corrected chi connectivity index (χ1v) is 13.1. The van der Waals surface area contributed by atoms with Gasteiger partial charge < -0.3 is 19.2 Å². The van der Waals surface area contributed by atoms with Crippen molar-refractivity contribution in [3.05, 3.63) is 12.2 Å². The van der Waals surface area contributed by atoms with E-state index >= 15 is 0 Å². The Morgan fingerprint density at radius 2 is 1.00 bits per heavy atom. The van der Waals surface area contributed by atoms with Crippen LogP contribution < -0.4 is 0 Å². The minimum Gasteiger partial charge on any atom is -0.477 e. The molecule has 0 unspecified atom stereocenters. The molecular formula is C27H56N2O4+2. The Balaban J connectivity index is 0. The second-order valence-corrected chi connectivity index (χ2v) is 11.0. The molecule has 0 heterocycles. The quantitative estimate of drug-likeness (QED) is 0.130. The number of carboxylic acid groups (broad SMARTS) is 2. The first-order chi connectivity index (χ1) is 15.4. The molecule has 0 atom stereocenters. The Labute approximate surface area is 204 Å². The number of hydrogen-bond acceptors (Lipinski definition) is 2. The van der Waals surface area contributed by atoms with Gasteiger partial charge in [-0.3, -0.25) is 0 Å². The van der Waals surface area contributed by atoms with E-state index in [0.29, 0.717) is 8.97 Å². The fraction of sp³-hybridized carbons (Fsp3) is 0.852. The van der Waals surface area contributed by atoms with Crippen LogP contribution in [0.3, 0.4) is 0 Å². The summed E-state index contributed by atoms with van der Waals surface area (Å²) in [7, 11) is 9.54. The van der Waals surface area contributed by atoms with Crippen molar-refractivity contribution in [1.29, 1.82) is 0 Å². The number of aliphatic carboxylic acids is 2.